The van der Waals surface area contributed by atoms with Gasteiger partial charge in [0.25, 0.3) is 5.91 Å². The fraction of sp³-hybridized carbons (Fsp3) is 0.417. The number of aryl methyl sites for hydroxylation is 2. The quantitative estimate of drug-likeness (QED) is 0.733. The average molecular weight is 268 g/mol. The molecule has 96 valence electrons. The number of urea groups is 1. The maximum Gasteiger partial charge on any atom is 0.333 e. The summed E-state index contributed by atoms with van der Waals surface area (Å²) < 4.78 is 0. The maximum atomic E-state index is 12.1. The molecule has 0 aliphatic carbocycles. The number of imide groups is 1. The Balaban J connectivity index is 2.53. The smallest absolute Gasteiger partial charge is 0.315 e. The Kier molecular flexibility index (Phi) is 3.02. The highest BCUT2D eigenvalue weighted by Gasteiger charge is 2.42. The number of carbonyl (C=O) groups excluding carboxylic acids is 2. The Hall–Kier alpha value is -1.62. The van der Waals surface area contributed by atoms with Crippen LogP contribution < -0.4 is 4.90 Å². The van der Waals surface area contributed by atoms with Crippen molar-refractivity contribution in [3.63, 3.8) is 0 Å². The molecule has 0 radical (unpaired) electrons. The molecular weight excluding hydrogens is 254 g/mol. The Morgan fingerprint density at radius 1 is 1.33 bits per heavy atom. The first-order valence-corrected chi connectivity index (χ1v) is 5.97. The highest BCUT2D eigenvalue weighted by Crippen LogP contribution is 2.28. The number of pyridine rings is 1. The van der Waals surface area contributed by atoms with Crippen LogP contribution in [0.1, 0.15) is 18.2 Å². The van der Waals surface area contributed by atoms with Gasteiger partial charge in [0.2, 0.25) is 0 Å². The molecule has 1 aliphatic heterocycles. The first kappa shape index (κ1) is 12.8. The van der Waals surface area contributed by atoms with E-state index in [0.717, 1.165) is 4.90 Å². The van der Waals surface area contributed by atoms with E-state index in [1.165, 1.54) is 4.90 Å². The first-order chi connectivity index (χ1) is 8.34. The monoisotopic (exact) mass is 267 g/mol. The molecule has 5 nitrogen and oxygen atoms in total. The van der Waals surface area contributed by atoms with Gasteiger partial charge in [-0.25, -0.2) is 14.7 Å². The van der Waals surface area contributed by atoms with E-state index >= 15 is 0 Å². The van der Waals surface area contributed by atoms with E-state index < -0.39 is 6.04 Å². The molecule has 1 aromatic heterocycles. The fourth-order valence-electron chi connectivity index (χ4n) is 1.85. The molecule has 6 heteroatoms. The number of halogens is 1. The van der Waals surface area contributed by atoms with E-state index in [1.807, 2.05) is 0 Å². The molecule has 1 aliphatic rings. The van der Waals surface area contributed by atoms with Crippen LogP contribution in [0.4, 0.5) is 10.6 Å². The topological polar surface area (TPSA) is 53.5 Å². The van der Waals surface area contributed by atoms with E-state index in [4.69, 9.17) is 11.6 Å². The van der Waals surface area contributed by atoms with Gasteiger partial charge in [-0.1, -0.05) is 11.6 Å². The largest absolute Gasteiger partial charge is 0.333 e. The van der Waals surface area contributed by atoms with Gasteiger partial charge in [-0.15, -0.1) is 0 Å². The van der Waals surface area contributed by atoms with Crippen molar-refractivity contribution in [1.29, 1.82) is 0 Å². The van der Waals surface area contributed by atoms with Crippen LogP contribution in [-0.4, -0.2) is 34.9 Å². The molecule has 1 atom stereocenters. The van der Waals surface area contributed by atoms with Gasteiger partial charge in [-0.05, 0) is 32.4 Å². The summed E-state index contributed by atoms with van der Waals surface area (Å²) in [6.45, 7) is 5.21. The molecule has 0 spiro atoms. The second-order valence-corrected chi connectivity index (χ2v) is 4.85. The number of rotatable bonds is 1. The molecule has 2 heterocycles. The molecule has 1 saturated heterocycles. The lowest BCUT2D eigenvalue weighted by atomic mass is 10.2. The van der Waals surface area contributed by atoms with Crippen molar-refractivity contribution in [3.05, 3.63) is 22.3 Å². The number of nitrogens with zero attached hydrogens (tertiary/aromatic N) is 3. The van der Waals surface area contributed by atoms with Gasteiger partial charge in [0, 0.05) is 7.05 Å². The summed E-state index contributed by atoms with van der Waals surface area (Å²) in [6, 6.07) is 0.891. The minimum absolute atomic E-state index is 0.264. The lowest BCUT2D eigenvalue weighted by Gasteiger charge is -2.16. The number of amides is 3. The maximum absolute atomic E-state index is 12.1. The van der Waals surface area contributed by atoms with Gasteiger partial charge >= 0.3 is 6.03 Å². The minimum Gasteiger partial charge on any atom is -0.315 e. The summed E-state index contributed by atoms with van der Waals surface area (Å²) in [4.78, 5) is 30.9. The lowest BCUT2D eigenvalue weighted by Crippen LogP contribution is -2.33. The van der Waals surface area contributed by atoms with Crippen molar-refractivity contribution in [2.75, 3.05) is 11.9 Å². The first-order valence-electron chi connectivity index (χ1n) is 5.59. The zero-order chi connectivity index (χ0) is 13.6. The van der Waals surface area contributed by atoms with Crippen LogP contribution in [-0.2, 0) is 4.79 Å². The zero-order valence-electron chi connectivity index (χ0n) is 10.7. The molecule has 0 N–H and O–H groups in total. The third-order valence-corrected chi connectivity index (χ3v) is 3.56. The zero-order valence-corrected chi connectivity index (χ0v) is 11.4. The number of anilines is 1. The lowest BCUT2D eigenvalue weighted by molar-refractivity contribution is -0.119. The van der Waals surface area contributed by atoms with Crippen molar-refractivity contribution in [1.82, 2.24) is 9.88 Å². The van der Waals surface area contributed by atoms with Crippen LogP contribution in [0.15, 0.2) is 6.07 Å². The molecule has 3 amide bonds. The normalized spacial score (nSPS) is 19.9. The number of hydrogen-bond acceptors (Lipinski definition) is 3. The van der Waals surface area contributed by atoms with E-state index in [2.05, 4.69) is 4.98 Å². The van der Waals surface area contributed by atoms with Crippen molar-refractivity contribution >= 4 is 29.4 Å². The predicted octanol–water partition coefficient (Wildman–Crippen LogP) is 2.14. The van der Waals surface area contributed by atoms with Crippen molar-refractivity contribution in [2.45, 2.75) is 26.8 Å². The molecule has 0 bridgehead atoms. The molecular formula is C12H14ClN3O2. The number of aromatic nitrogens is 1. The summed E-state index contributed by atoms with van der Waals surface area (Å²) in [5, 5.41) is 0.525. The highest BCUT2D eigenvalue weighted by atomic mass is 35.5. The molecule has 1 unspecified atom stereocenters. The molecule has 0 saturated carbocycles. The number of hydrogen-bond donors (Lipinski definition) is 0. The van der Waals surface area contributed by atoms with Crippen LogP contribution in [0.3, 0.4) is 0 Å². The van der Waals surface area contributed by atoms with Crippen molar-refractivity contribution < 1.29 is 9.59 Å². The third kappa shape index (κ3) is 1.75. The van der Waals surface area contributed by atoms with Gasteiger partial charge in [0.15, 0.2) is 0 Å². The van der Waals surface area contributed by atoms with Gasteiger partial charge < -0.3 is 4.90 Å². The second-order valence-electron chi connectivity index (χ2n) is 4.44. The van der Waals surface area contributed by atoms with Gasteiger partial charge in [-0.3, -0.25) is 4.79 Å². The van der Waals surface area contributed by atoms with E-state index in [-0.39, 0.29) is 11.9 Å². The standard InChI is InChI=1S/C12H14ClN3O2/c1-6-5-9(13)7(2)14-10(6)16-11(17)8(3)15(4)12(16)18/h5,8H,1-4H3. The van der Waals surface area contributed by atoms with Crippen LogP contribution in [0.5, 0.6) is 0 Å². The molecule has 1 aromatic rings. The van der Waals surface area contributed by atoms with Crippen molar-refractivity contribution in [2.24, 2.45) is 0 Å². The van der Waals surface area contributed by atoms with Gasteiger partial charge in [0.1, 0.15) is 11.9 Å². The minimum atomic E-state index is -0.463. The molecule has 18 heavy (non-hydrogen) atoms. The van der Waals surface area contributed by atoms with E-state index in [1.54, 1.807) is 33.9 Å². The van der Waals surface area contributed by atoms with Crippen LogP contribution in [0, 0.1) is 13.8 Å². The van der Waals surface area contributed by atoms with Gasteiger partial charge in [-0.2, -0.15) is 0 Å². The molecule has 1 fully saturated rings. The second kappa shape index (κ2) is 4.24. The number of carbonyl (C=O) groups is 2. The summed E-state index contributed by atoms with van der Waals surface area (Å²) in [5.74, 6) is 0.0999. The van der Waals surface area contributed by atoms with Gasteiger partial charge in [0.05, 0.1) is 10.7 Å². The fourth-order valence-corrected chi connectivity index (χ4v) is 2.06. The summed E-state index contributed by atoms with van der Waals surface area (Å²) >= 11 is 5.96. The third-order valence-electron chi connectivity index (χ3n) is 3.18. The van der Waals surface area contributed by atoms with E-state index in [9.17, 15) is 9.59 Å². The Morgan fingerprint density at radius 2 is 1.94 bits per heavy atom. The van der Waals surface area contributed by atoms with Crippen LogP contribution in [0.25, 0.3) is 0 Å². The summed E-state index contributed by atoms with van der Waals surface area (Å²) in [7, 11) is 1.60. The van der Waals surface area contributed by atoms with Crippen LogP contribution >= 0.6 is 11.6 Å². The Labute approximate surface area is 110 Å². The average Bonchev–Trinajstić information content (AvgIpc) is 2.50. The van der Waals surface area contributed by atoms with Crippen molar-refractivity contribution in [3.8, 4) is 0 Å². The Morgan fingerprint density at radius 3 is 2.44 bits per heavy atom. The SMILES string of the molecule is Cc1cc(Cl)c(C)nc1N1C(=O)C(C)N(C)C1=O. The van der Waals surface area contributed by atoms with E-state index in [0.29, 0.717) is 22.1 Å². The summed E-state index contributed by atoms with van der Waals surface area (Å²) in [6.07, 6.45) is 0. The Bertz CT molecular complexity index is 524. The molecule has 2 rings (SSSR count). The molecule has 0 aromatic carbocycles. The predicted molar refractivity (Wildman–Crippen MR) is 68.8 cm³/mol. The summed E-state index contributed by atoms with van der Waals surface area (Å²) in [5.41, 5.74) is 1.30. The van der Waals surface area contributed by atoms with Crippen LogP contribution in [0.2, 0.25) is 5.02 Å². The highest BCUT2D eigenvalue weighted by molar-refractivity contribution is 6.31. The number of likely N-dealkylation sites (N-methyl/N-ethyl adjacent to an activating group) is 1.